The third-order valence-corrected chi connectivity index (χ3v) is 2.91. The van der Waals surface area contributed by atoms with Gasteiger partial charge in [-0.2, -0.15) is 0 Å². The average Bonchev–Trinajstić information content (AvgIpc) is 2.49. The number of hydrogen-bond donors (Lipinski definition) is 1. The number of aliphatic hydroxyl groups excluding tert-OH is 1. The quantitative estimate of drug-likeness (QED) is 0.598. The minimum atomic E-state index is 0.192. The van der Waals surface area contributed by atoms with E-state index in [1.807, 2.05) is 6.26 Å². The smallest absolute Gasteiger partial charge is 0.0945 e. The summed E-state index contributed by atoms with van der Waals surface area (Å²) < 4.78 is 5.31. The van der Waals surface area contributed by atoms with Crippen LogP contribution in [0.15, 0.2) is 23.5 Å². The zero-order valence-corrected chi connectivity index (χ0v) is 7.29. The lowest BCUT2D eigenvalue weighted by Gasteiger charge is -2.26. The van der Waals surface area contributed by atoms with Crippen molar-refractivity contribution in [3.8, 4) is 0 Å². The molecule has 1 N–H and O–H groups in total. The molecule has 12 heavy (non-hydrogen) atoms. The normalized spacial score (nSPS) is 33.5. The van der Waals surface area contributed by atoms with Gasteiger partial charge in [0.15, 0.2) is 0 Å². The van der Waals surface area contributed by atoms with Gasteiger partial charge < -0.3 is 9.84 Å². The zero-order chi connectivity index (χ0) is 8.55. The average molecular weight is 166 g/mol. The van der Waals surface area contributed by atoms with Gasteiger partial charge in [-0.25, -0.2) is 0 Å². The Kier molecular flexibility index (Phi) is 1.93. The van der Waals surface area contributed by atoms with Gasteiger partial charge in [0.2, 0.25) is 0 Å². The molecule has 0 aromatic carbocycles. The van der Waals surface area contributed by atoms with Crippen molar-refractivity contribution in [3.63, 3.8) is 0 Å². The topological polar surface area (TPSA) is 29.5 Å². The molecule has 2 nitrogen and oxygen atoms in total. The summed E-state index contributed by atoms with van der Waals surface area (Å²) >= 11 is 0. The fourth-order valence-corrected chi connectivity index (χ4v) is 2.13. The molecule has 2 rings (SSSR count). The molecule has 2 unspecified atom stereocenters. The molecule has 0 spiro atoms. The lowest BCUT2D eigenvalue weighted by atomic mass is 9.86. The van der Waals surface area contributed by atoms with Gasteiger partial charge in [0, 0.05) is 5.92 Å². The van der Waals surface area contributed by atoms with Crippen LogP contribution in [-0.2, 0) is 4.74 Å². The van der Waals surface area contributed by atoms with Gasteiger partial charge in [-0.15, -0.1) is 0 Å². The first kappa shape index (κ1) is 7.87. The van der Waals surface area contributed by atoms with Gasteiger partial charge in [0.1, 0.15) is 0 Å². The highest BCUT2D eigenvalue weighted by Crippen LogP contribution is 2.38. The predicted octanol–water partition coefficient (Wildman–Crippen LogP) is 1.48. The molecule has 2 heteroatoms. The highest BCUT2D eigenvalue weighted by atomic mass is 16.5. The van der Waals surface area contributed by atoms with E-state index < -0.39 is 0 Å². The van der Waals surface area contributed by atoms with Crippen molar-refractivity contribution < 1.29 is 9.84 Å². The summed E-state index contributed by atoms with van der Waals surface area (Å²) in [6, 6.07) is 0. The molecule has 0 saturated carbocycles. The van der Waals surface area contributed by atoms with Crippen LogP contribution >= 0.6 is 0 Å². The van der Waals surface area contributed by atoms with E-state index in [-0.39, 0.29) is 6.61 Å². The van der Waals surface area contributed by atoms with E-state index in [2.05, 4.69) is 13.0 Å². The SMILES string of the molecule is CC1=COCC2C(CO)=CCC12. The Hall–Kier alpha value is -0.760. The molecule has 0 radical (unpaired) electrons. The second kappa shape index (κ2) is 2.94. The summed E-state index contributed by atoms with van der Waals surface area (Å²) in [6.07, 6.45) is 5.09. The Morgan fingerprint density at radius 1 is 1.58 bits per heavy atom. The molecule has 0 aromatic rings. The van der Waals surface area contributed by atoms with Gasteiger partial charge in [-0.1, -0.05) is 6.08 Å². The molecule has 66 valence electrons. The van der Waals surface area contributed by atoms with Crippen molar-refractivity contribution in [2.24, 2.45) is 11.8 Å². The fraction of sp³-hybridized carbons (Fsp3) is 0.600. The third kappa shape index (κ3) is 1.07. The van der Waals surface area contributed by atoms with Crippen LogP contribution in [0.5, 0.6) is 0 Å². The fourth-order valence-electron chi connectivity index (χ4n) is 2.13. The summed E-state index contributed by atoms with van der Waals surface area (Å²) in [6.45, 7) is 3.04. The van der Waals surface area contributed by atoms with Crippen molar-refractivity contribution in [1.82, 2.24) is 0 Å². The van der Waals surface area contributed by atoms with Gasteiger partial charge in [0.25, 0.3) is 0 Å². The first-order chi connectivity index (χ1) is 5.83. The Morgan fingerprint density at radius 3 is 3.17 bits per heavy atom. The summed E-state index contributed by atoms with van der Waals surface area (Å²) in [7, 11) is 0. The summed E-state index contributed by atoms with van der Waals surface area (Å²) in [5.41, 5.74) is 2.47. The maximum atomic E-state index is 9.05. The van der Waals surface area contributed by atoms with Crippen molar-refractivity contribution in [2.75, 3.05) is 13.2 Å². The van der Waals surface area contributed by atoms with Crippen molar-refractivity contribution >= 4 is 0 Å². The molecule has 0 fully saturated rings. The molecule has 2 aliphatic rings. The maximum absolute atomic E-state index is 9.05. The molecule has 1 aliphatic heterocycles. The molecule has 0 bridgehead atoms. The largest absolute Gasteiger partial charge is 0.501 e. The lowest BCUT2D eigenvalue weighted by Crippen LogP contribution is -2.23. The molecule has 2 atom stereocenters. The Bertz CT molecular complexity index is 240. The van der Waals surface area contributed by atoms with Crippen LogP contribution in [0.3, 0.4) is 0 Å². The van der Waals surface area contributed by atoms with E-state index in [1.165, 1.54) is 5.57 Å². The Morgan fingerprint density at radius 2 is 2.42 bits per heavy atom. The first-order valence-corrected chi connectivity index (χ1v) is 4.41. The molecule has 0 aromatic heterocycles. The molecular formula is C10H14O2. The van der Waals surface area contributed by atoms with Crippen LogP contribution in [0.2, 0.25) is 0 Å². The van der Waals surface area contributed by atoms with E-state index in [0.717, 1.165) is 18.6 Å². The molecular weight excluding hydrogens is 152 g/mol. The maximum Gasteiger partial charge on any atom is 0.0945 e. The summed E-state index contributed by atoms with van der Waals surface area (Å²) in [5.74, 6) is 1.04. The summed E-state index contributed by atoms with van der Waals surface area (Å²) in [5, 5.41) is 9.05. The van der Waals surface area contributed by atoms with Crippen LogP contribution in [0, 0.1) is 11.8 Å². The number of aliphatic hydroxyl groups is 1. The lowest BCUT2D eigenvalue weighted by molar-refractivity contribution is 0.153. The minimum Gasteiger partial charge on any atom is -0.501 e. The second-order valence-corrected chi connectivity index (χ2v) is 3.58. The van der Waals surface area contributed by atoms with Crippen molar-refractivity contribution in [2.45, 2.75) is 13.3 Å². The van der Waals surface area contributed by atoms with Gasteiger partial charge >= 0.3 is 0 Å². The van der Waals surface area contributed by atoms with E-state index in [4.69, 9.17) is 9.84 Å². The number of ether oxygens (including phenoxy) is 1. The number of hydrogen-bond acceptors (Lipinski definition) is 2. The molecule has 0 amide bonds. The van der Waals surface area contributed by atoms with Gasteiger partial charge in [-0.3, -0.25) is 0 Å². The van der Waals surface area contributed by atoms with Crippen LogP contribution in [0.1, 0.15) is 13.3 Å². The van der Waals surface area contributed by atoms with Crippen LogP contribution < -0.4 is 0 Å². The second-order valence-electron chi connectivity index (χ2n) is 3.58. The van der Waals surface area contributed by atoms with Crippen molar-refractivity contribution in [3.05, 3.63) is 23.5 Å². The minimum absolute atomic E-state index is 0.192. The van der Waals surface area contributed by atoms with E-state index in [9.17, 15) is 0 Å². The number of rotatable bonds is 1. The monoisotopic (exact) mass is 166 g/mol. The van der Waals surface area contributed by atoms with E-state index >= 15 is 0 Å². The van der Waals surface area contributed by atoms with Gasteiger partial charge in [-0.05, 0) is 30.4 Å². The Labute approximate surface area is 72.5 Å². The first-order valence-electron chi connectivity index (χ1n) is 4.41. The summed E-state index contributed by atoms with van der Waals surface area (Å²) in [4.78, 5) is 0. The molecule has 1 heterocycles. The standard InChI is InChI=1S/C10H14O2/c1-7-5-12-6-10-8(4-11)2-3-9(7)10/h2,5,9-11H,3-4,6H2,1H3. The number of fused-ring (bicyclic) bond motifs is 1. The third-order valence-electron chi connectivity index (χ3n) is 2.91. The van der Waals surface area contributed by atoms with E-state index in [1.54, 1.807) is 0 Å². The number of allylic oxidation sites excluding steroid dienone is 2. The Balaban J connectivity index is 2.18. The van der Waals surface area contributed by atoms with Crippen LogP contribution in [-0.4, -0.2) is 18.3 Å². The zero-order valence-electron chi connectivity index (χ0n) is 7.29. The van der Waals surface area contributed by atoms with Gasteiger partial charge in [0.05, 0.1) is 19.5 Å². The highest BCUT2D eigenvalue weighted by molar-refractivity contribution is 5.24. The predicted molar refractivity (Wildman–Crippen MR) is 46.5 cm³/mol. The molecule has 1 aliphatic carbocycles. The van der Waals surface area contributed by atoms with Crippen molar-refractivity contribution in [1.29, 1.82) is 0 Å². The van der Waals surface area contributed by atoms with E-state index in [0.29, 0.717) is 11.8 Å². The van der Waals surface area contributed by atoms with Crippen LogP contribution in [0.25, 0.3) is 0 Å². The van der Waals surface area contributed by atoms with Crippen LogP contribution in [0.4, 0.5) is 0 Å². The molecule has 0 saturated heterocycles. The highest BCUT2D eigenvalue weighted by Gasteiger charge is 2.32.